The molecule has 2 aromatic rings. The van der Waals surface area contributed by atoms with Crippen molar-refractivity contribution >= 4 is 12.0 Å². The average Bonchev–Trinajstić information content (AvgIpc) is 2.46. The summed E-state index contributed by atoms with van der Waals surface area (Å²) in [4.78, 5) is 18.8. The van der Waals surface area contributed by atoms with Gasteiger partial charge in [0.05, 0.1) is 0 Å². The minimum atomic E-state index is -0.733. The number of nitrogens with two attached hydrogens (primary N) is 1. The van der Waals surface area contributed by atoms with Gasteiger partial charge in [-0.05, 0) is 17.2 Å². The highest BCUT2D eigenvalue weighted by molar-refractivity contribution is 6.00. The zero-order chi connectivity index (χ0) is 13.7. The summed E-state index contributed by atoms with van der Waals surface area (Å²) in [5.74, 6) is -0.733. The second-order valence-corrected chi connectivity index (χ2v) is 3.78. The van der Waals surface area contributed by atoms with Gasteiger partial charge in [-0.1, -0.05) is 24.3 Å². The molecule has 2 rings (SSSR count). The van der Waals surface area contributed by atoms with E-state index in [1.165, 1.54) is 12.4 Å². The highest BCUT2D eigenvalue weighted by atomic mass is 16.1. The molecule has 2 N–H and O–H groups in total. The third-order valence-corrected chi connectivity index (χ3v) is 2.50. The Morgan fingerprint density at radius 2 is 1.79 bits per heavy atom. The van der Waals surface area contributed by atoms with Crippen LogP contribution in [0.4, 0.5) is 0 Å². The number of carbonyl (C=O) groups is 1. The summed E-state index contributed by atoms with van der Waals surface area (Å²) >= 11 is 0. The van der Waals surface area contributed by atoms with E-state index in [0.29, 0.717) is 0 Å². The fraction of sp³-hybridized carbons (Fsp3) is 0. The number of rotatable bonds is 3. The molecule has 5 nitrogen and oxygen atoms in total. The van der Waals surface area contributed by atoms with Gasteiger partial charge in [0.25, 0.3) is 5.91 Å². The molecule has 0 spiro atoms. The van der Waals surface area contributed by atoms with Crippen LogP contribution in [-0.4, -0.2) is 15.9 Å². The van der Waals surface area contributed by atoms with Gasteiger partial charge in [0.15, 0.2) is 0 Å². The Morgan fingerprint density at radius 3 is 2.32 bits per heavy atom. The van der Waals surface area contributed by atoms with E-state index in [4.69, 9.17) is 11.0 Å². The fourth-order valence-electron chi connectivity index (χ4n) is 1.55. The van der Waals surface area contributed by atoms with Gasteiger partial charge >= 0.3 is 0 Å². The summed E-state index contributed by atoms with van der Waals surface area (Å²) in [6.07, 6.45) is 6.34. The van der Waals surface area contributed by atoms with Gasteiger partial charge in [-0.15, -0.1) is 0 Å². The molecule has 0 aliphatic carbocycles. The van der Waals surface area contributed by atoms with Gasteiger partial charge in [-0.2, -0.15) is 5.26 Å². The van der Waals surface area contributed by atoms with Crippen LogP contribution in [0, 0.1) is 11.3 Å². The molecular weight excluding hydrogens is 240 g/mol. The van der Waals surface area contributed by atoms with E-state index in [-0.39, 0.29) is 5.57 Å². The Balaban J connectivity index is 2.30. The largest absolute Gasteiger partial charge is 0.365 e. The smallest absolute Gasteiger partial charge is 0.259 e. The van der Waals surface area contributed by atoms with Crippen molar-refractivity contribution in [2.75, 3.05) is 0 Å². The van der Waals surface area contributed by atoms with E-state index in [0.717, 1.165) is 16.7 Å². The van der Waals surface area contributed by atoms with Crippen molar-refractivity contribution in [3.8, 4) is 17.2 Å². The van der Waals surface area contributed by atoms with Crippen molar-refractivity contribution in [3.05, 3.63) is 54.1 Å². The maximum absolute atomic E-state index is 10.9. The number of aromatic nitrogens is 2. The fourth-order valence-corrected chi connectivity index (χ4v) is 1.55. The molecule has 0 aliphatic rings. The van der Waals surface area contributed by atoms with Crippen LogP contribution >= 0.6 is 0 Å². The number of hydrogen-bond donors (Lipinski definition) is 1. The van der Waals surface area contributed by atoms with Gasteiger partial charge in [0.2, 0.25) is 0 Å². The van der Waals surface area contributed by atoms with Crippen molar-refractivity contribution in [1.29, 1.82) is 5.26 Å². The van der Waals surface area contributed by atoms with Gasteiger partial charge < -0.3 is 5.73 Å². The summed E-state index contributed by atoms with van der Waals surface area (Å²) in [7, 11) is 0. The monoisotopic (exact) mass is 250 g/mol. The van der Waals surface area contributed by atoms with Crippen molar-refractivity contribution < 1.29 is 4.79 Å². The lowest BCUT2D eigenvalue weighted by Crippen LogP contribution is -2.12. The molecule has 0 bridgehead atoms. The molecule has 5 heteroatoms. The van der Waals surface area contributed by atoms with Crippen LogP contribution in [0.25, 0.3) is 17.2 Å². The molecule has 92 valence electrons. The first kappa shape index (κ1) is 12.5. The second-order valence-electron chi connectivity index (χ2n) is 3.78. The topological polar surface area (TPSA) is 92.7 Å². The zero-order valence-electron chi connectivity index (χ0n) is 9.95. The first-order valence-corrected chi connectivity index (χ1v) is 5.48. The second kappa shape index (κ2) is 5.56. The van der Waals surface area contributed by atoms with Crippen LogP contribution in [0.1, 0.15) is 5.56 Å². The predicted molar refractivity (Wildman–Crippen MR) is 70.3 cm³/mol. The molecule has 0 unspecified atom stereocenters. The molecular formula is C14H10N4O. The first-order valence-electron chi connectivity index (χ1n) is 5.48. The number of nitrogens with zero attached hydrogens (tertiary/aromatic N) is 3. The minimum absolute atomic E-state index is 0.0733. The van der Waals surface area contributed by atoms with Crippen LogP contribution in [-0.2, 0) is 4.79 Å². The van der Waals surface area contributed by atoms with E-state index < -0.39 is 5.91 Å². The van der Waals surface area contributed by atoms with Crippen LogP contribution in [0.2, 0.25) is 0 Å². The normalized spacial score (nSPS) is 10.8. The molecule has 0 saturated heterocycles. The Kier molecular flexibility index (Phi) is 3.64. The zero-order valence-corrected chi connectivity index (χ0v) is 9.95. The van der Waals surface area contributed by atoms with E-state index in [9.17, 15) is 4.79 Å². The Bertz CT molecular complexity index is 654. The van der Waals surface area contributed by atoms with E-state index >= 15 is 0 Å². The lowest BCUT2D eigenvalue weighted by atomic mass is 10.1. The standard InChI is InChI=1S/C14H10N4O/c15-6-12(14(16)19)5-10-1-3-11(4-2-10)13-7-17-9-18-8-13/h1-5,7-9H,(H2,16,19)/b12-5+. The maximum atomic E-state index is 10.9. The lowest BCUT2D eigenvalue weighted by Gasteiger charge is -2.01. The molecule has 0 atom stereocenters. The third kappa shape index (κ3) is 3.01. The molecule has 0 aliphatic heterocycles. The SMILES string of the molecule is N#C/C(=C\c1ccc(-c2cncnc2)cc1)C(N)=O. The number of nitriles is 1. The average molecular weight is 250 g/mol. The van der Waals surface area contributed by atoms with Crippen molar-refractivity contribution in [2.45, 2.75) is 0 Å². The highest BCUT2D eigenvalue weighted by Crippen LogP contribution is 2.18. The lowest BCUT2D eigenvalue weighted by molar-refractivity contribution is -0.114. The molecule has 0 radical (unpaired) electrons. The quantitative estimate of drug-likeness (QED) is 0.660. The van der Waals surface area contributed by atoms with Gasteiger partial charge in [0.1, 0.15) is 18.0 Å². The number of primary amides is 1. The molecule has 1 heterocycles. The number of hydrogen-bond acceptors (Lipinski definition) is 4. The maximum Gasteiger partial charge on any atom is 0.259 e. The van der Waals surface area contributed by atoms with Crippen molar-refractivity contribution in [3.63, 3.8) is 0 Å². The number of carbonyl (C=O) groups excluding carboxylic acids is 1. The molecule has 1 aromatic heterocycles. The van der Waals surface area contributed by atoms with Crippen LogP contribution in [0.15, 0.2) is 48.6 Å². The summed E-state index contributed by atoms with van der Waals surface area (Å²) < 4.78 is 0. The van der Waals surface area contributed by atoms with Crippen molar-refractivity contribution in [2.24, 2.45) is 5.73 Å². The Labute approximate surface area is 110 Å². The van der Waals surface area contributed by atoms with Crippen molar-refractivity contribution in [1.82, 2.24) is 9.97 Å². The van der Waals surface area contributed by atoms with Crippen LogP contribution < -0.4 is 5.73 Å². The molecule has 1 amide bonds. The molecule has 1 aromatic carbocycles. The van der Waals surface area contributed by atoms with Gasteiger partial charge in [-0.25, -0.2) is 9.97 Å². The third-order valence-electron chi connectivity index (χ3n) is 2.50. The number of amides is 1. The Morgan fingerprint density at radius 1 is 1.16 bits per heavy atom. The van der Waals surface area contributed by atoms with Gasteiger partial charge in [-0.3, -0.25) is 4.79 Å². The summed E-state index contributed by atoms with van der Waals surface area (Å²) in [5, 5.41) is 8.75. The Hall–Kier alpha value is -3.00. The van der Waals surface area contributed by atoms with Crippen LogP contribution in [0.5, 0.6) is 0 Å². The van der Waals surface area contributed by atoms with E-state index in [1.54, 1.807) is 30.6 Å². The summed E-state index contributed by atoms with van der Waals surface area (Å²) in [6.45, 7) is 0. The molecule has 19 heavy (non-hydrogen) atoms. The molecule has 0 fully saturated rings. The highest BCUT2D eigenvalue weighted by Gasteiger charge is 2.03. The number of benzene rings is 1. The van der Waals surface area contributed by atoms with Crippen LogP contribution in [0.3, 0.4) is 0 Å². The summed E-state index contributed by atoms with van der Waals surface area (Å²) in [6, 6.07) is 9.07. The van der Waals surface area contributed by atoms with E-state index in [1.807, 2.05) is 12.1 Å². The first-order chi connectivity index (χ1) is 9.20. The van der Waals surface area contributed by atoms with E-state index in [2.05, 4.69) is 9.97 Å². The molecule has 0 saturated carbocycles. The predicted octanol–water partition coefficient (Wildman–Crippen LogP) is 1.54. The van der Waals surface area contributed by atoms with Gasteiger partial charge in [0, 0.05) is 18.0 Å². The minimum Gasteiger partial charge on any atom is -0.365 e. The summed E-state index contributed by atoms with van der Waals surface area (Å²) in [5.41, 5.74) is 7.58.